The third-order valence-corrected chi connectivity index (χ3v) is 5.68. The van der Waals surface area contributed by atoms with Crippen LogP contribution in [0, 0.1) is 5.92 Å². The number of hydrogen-bond acceptors (Lipinski definition) is 2. The Labute approximate surface area is 146 Å². The minimum atomic E-state index is -0.987. The van der Waals surface area contributed by atoms with Crippen molar-refractivity contribution in [3.63, 3.8) is 0 Å². The SMILES string of the molecule is O=C(O)C(Cc1ccccc1)NC(=O)C1CC12CCc1ccccc12. The van der Waals surface area contributed by atoms with Gasteiger partial charge in [-0.15, -0.1) is 0 Å². The molecule has 4 nitrogen and oxygen atoms in total. The Hall–Kier alpha value is -2.62. The van der Waals surface area contributed by atoms with Crippen molar-refractivity contribution >= 4 is 11.9 Å². The van der Waals surface area contributed by atoms with Gasteiger partial charge in [-0.25, -0.2) is 4.79 Å². The summed E-state index contributed by atoms with van der Waals surface area (Å²) in [5.74, 6) is -1.22. The molecule has 0 saturated heterocycles. The van der Waals surface area contributed by atoms with Gasteiger partial charge in [0.15, 0.2) is 0 Å². The number of aliphatic carboxylic acids is 1. The Bertz CT molecular complexity index is 817. The molecule has 1 spiro atoms. The first-order valence-corrected chi connectivity index (χ1v) is 8.76. The van der Waals surface area contributed by atoms with Crippen LogP contribution in [0.25, 0.3) is 0 Å². The van der Waals surface area contributed by atoms with Gasteiger partial charge in [0.1, 0.15) is 6.04 Å². The van der Waals surface area contributed by atoms with Gasteiger partial charge in [-0.3, -0.25) is 4.79 Å². The number of hydrogen-bond donors (Lipinski definition) is 2. The summed E-state index contributed by atoms with van der Waals surface area (Å²) in [7, 11) is 0. The molecule has 1 fully saturated rings. The van der Waals surface area contributed by atoms with Gasteiger partial charge in [0.25, 0.3) is 0 Å². The number of rotatable bonds is 5. The maximum absolute atomic E-state index is 12.7. The number of benzene rings is 2. The Kier molecular flexibility index (Phi) is 3.83. The molecule has 2 aliphatic carbocycles. The van der Waals surface area contributed by atoms with Crippen molar-refractivity contribution in [2.24, 2.45) is 5.92 Å². The first-order valence-electron chi connectivity index (χ1n) is 8.76. The predicted molar refractivity (Wildman–Crippen MR) is 94.3 cm³/mol. The van der Waals surface area contributed by atoms with Gasteiger partial charge in [0.2, 0.25) is 5.91 Å². The zero-order valence-corrected chi connectivity index (χ0v) is 13.9. The average molecular weight is 335 g/mol. The molecular formula is C21H21NO3. The quantitative estimate of drug-likeness (QED) is 0.883. The van der Waals surface area contributed by atoms with Crippen LogP contribution in [0.4, 0.5) is 0 Å². The fourth-order valence-electron chi connectivity index (χ4n) is 4.26. The van der Waals surface area contributed by atoms with E-state index in [1.165, 1.54) is 11.1 Å². The predicted octanol–water partition coefficient (Wildman–Crippen LogP) is 2.70. The summed E-state index contributed by atoms with van der Waals surface area (Å²) in [5, 5.41) is 12.3. The van der Waals surface area contributed by atoms with Crippen LogP contribution in [0.15, 0.2) is 54.6 Å². The second kappa shape index (κ2) is 6.03. The maximum atomic E-state index is 12.7. The van der Waals surface area contributed by atoms with Gasteiger partial charge < -0.3 is 10.4 Å². The van der Waals surface area contributed by atoms with Crippen LogP contribution in [0.1, 0.15) is 29.5 Å². The Balaban J connectivity index is 1.46. The van der Waals surface area contributed by atoms with Crippen LogP contribution in [0.3, 0.4) is 0 Å². The number of nitrogens with one attached hydrogen (secondary N) is 1. The molecule has 0 aliphatic heterocycles. The Morgan fingerprint density at radius 3 is 2.60 bits per heavy atom. The summed E-state index contributed by atoms with van der Waals surface area (Å²) in [5.41, 5.74) is 3.46. The standard InChI is InChI=1S/C21H21NO3/c23-19(22-18(20(24)25)12-14-6-2-1-3-7-14)17-13-21(17)11-10-15-8-4-5-9-16(15)21/h1-9,17-18H,10-13H2,(H,22,23)(H,24,25). The number of carboxylic acids is 1. The van der Waals surface area contributed by atoms with Crippen LogP contribution in [0.2, 0.25) is 0 Å². The van der Waals surface area contributed by atoms with Gasteiger partial charge in [0.05, 0.1) is 0 Å². The third kappa shape index (κ3) is 2.82. The molecule has 2 aliphatic rings. The van der Waals surface area contributed by atoms with Crippen molar-refractivity contribution in [1.82, 2.24) is 5.32 Å². The second-order valence-electron chi connectivity index (χ2n) is 7.16. The number of carbonyl (C=O) groups excluding carboxylic acids is 1. The normalized spacial score (nSPS) is 24.6. The van der Waals surface area contributed by atoms with E-state index in [4.69, 9.17) is 0 Å². The van der Waals surface area contributed by atoms with E-state index in [9.17, 15) is 14.7 Å². The molecule has 3 unspecified atom stereocenters. The van der Waals surface area contributed by atoms with Crippen molar-refractivity contribution < 1.29 is 14.7 Å². The van der Waals surface area contributed by atoms with Gasteiger partial charge >= 0.3 is 5.97 Å². The summed E-state index contributed by atoms with van der Waals surface area (Å²) < 4.78 is 0. The first-order chi connectivity index (χ1) is 12.1. The van der Waals surface area contributed by atoms with E-state index in [2.05, 4.69) is 17.4 Å². The molecular weight excluding hydrogens is 314 g/mol. The molecule has 0 bridgehead atoms. The van der Waals surface area contributed by atoms with E-state index in [1.54, 1.807) is 0 Å². The molecule has 2 aromatic rings. The molecule has 0 radical (unpaired) electrons. The summed E-state index contributed by atoms with van der Waals surface area (Å²) in [4.78, 5) is 24.3. The van der Waals surface area contributed by atoms with E-state index in [0.29, 0.717) is 6.42 Å². The molecule has 128 valence electrons. The minimum Gasteiger partial charge on any atom is -0.480 e. The molecule has 25 heavy (non-hydrogen) atoms. The fraction of sp³-hybridized carbons (Fsp3) is 0.333. The van der Waals surface area contributed by atoms with Gasteiger partial charge in [0, 0.05) is 17.8 Å². The zero-order valence-electron chi connectivity index (χ0n) is 13.9. The fourth-order valence-corrected chi connectivity index (χ4v) is 4.26. The van der Waals surface area contributed by atoms with Crippen LogP contribution in [-0.2, 0) is 27.8 Å². The average Bonchev–Trinajstić information content (AvgIpc) is 3.24. The number of carboxylic acid groups (broad SMARTS) is 1. The molecule has 1 amide bonds. The van der Waals surface area contributed by atoms with Crippen LogP contribution < -0.4 is 5.32 Å². The molecule has 0 heterocycles. The first kappa shape index (κ1) is 15.9. The van der Waals surface area contributed by atoms with Crippen molar-refractivity contribution in [2.75, 3.05) is 0 Å². The highest BCUT2D eigenvalue weighted by Gasteiger charge is 2.61. The molecule has 2 N–H and O–H groups in total. The highest BCUT2D eigenvalue weighted by atomic mass is 16.4. The zero-order chi connectivity index (χ0) is 17.4. The molecule has 1 saturated carbocycles. The van der Waals surface area contributed by atoms with Crippen molar-refractivity contribution in [3.05, 3.63) is 71.3 Å². The van der Waals surface area contributed by atoms with E-state index in [0.717, 1.165) is 24.8 Å². The smallest absolute Gasteiger partial charge is 0.326 e. The molecule has 2 aromatic carbocycles. The Morgan fingerprint density at radius 2 is 1.84 bits per heavy atom. The lowest BCUT2D eigenvalue weighted by molar-refractivity contribution is -0.142. The third-order valence-electron chi connectivity index (χ3n) is 5.68. The lowest BCUT2D eigenvalue weighted by atomic mass is 9.95. The van der Waals surface area contributed by atoms with Gasteiger partial charge in [-0.2, -0.15) is 0 Å². The number of amides is 1. The number of fused-ring (bicyclic) bond motifs is 2. The highest BCUT2D eigenvalue weighted by Crippen LogP contribution is 2.61. The van der Waals surface area contributed by atoms with Gasteiger partial charge in [-0.05, 0) is 36.0 Å². The maximum Gasteiger partial charge on any atom is 0.326 e. The van der Waals surface area contributed by atoms with Crippen molar-refractivity contribution in [1.29, 1.82) is 0 Å². The summed E-state index contributed by atoms with van der Waals surface area (Å²) in [6.45, 7) is 0. The topological polar surface area (TPSA) is 66.4 Å². The highest BCUT2D eigenvalue weighted by molar-refractivity contribution is 5.89. The van der Waals surface area contributed by atoms with Gasteiger partial charge in [-0.1, -0.05) is 54.6 Å². The number of carbonyl (C=O) groups is 2. The lowest BCUT2D eigenvalue weighted by Gasteiger charge is -2.16. The Morgan fingerprint density at radius 1 is 1.12 bits per heavy atom. The van der Waals surface area contributed by atoms with E-state index in [-0.39, 0.29) is 17.2 Å². The van der Waals surface area contributed by atoms with E-state index < -0.39 is 12.0 Å². The lowest BCUT2D eigenvalue weighted by Crippen LogP contribution is -2.43. The van der Waals surface area contributed by atoms with Crippen molar-refractivity contribution in [2.45, 2.75) is 37.1 Å². The molecule has 4 rings (SSSR count). The molecule has 4 heteroatoms. The molecule has 0 aromatic heterocycles. The van der Waals surface area contributed by atoms with Crippen LogP contribution >= 0.6 is 0 Å². The monoisotopic (exact) mass is 335 g/mol. The summed E-state index contributed by atoms with van der Waals surface area (Å²) >= 11 is 0. The second-order valence-corrected chi connectivity index (χ2v) is 7.16. The summed E-state index contributed by atoms with van der Waals surface area (Å²) in [6, 6.07) is 16.8. The molecule has 3 atom stereocenters. The number of aryl methyl sites for hydroxylation is 1. The van der Waals surface area contributed by atoms with Crippen LogP contribution in [0.5, 0.6) is 0 Å². The van der Waals surface area contributed by atoms with Crippen molar-refractivity contribution in [3.8, 4) is 0 Å². The largest absolute Gasteiger partial charge is 0.480 e. The minimum absolute atomic E-state index is 0.0591. The van der Waals surface area contributed by atoms with E-state index >= 15 is 0 Å². The van der Waals surface area contributed by atoms with Crippen LogP contribution in [-0.4, -0.2) is 23.0 Å². The summed E-state index contributed by atoms with van der Waals surface area (Å²) in [6.07, 6.45) is 3.12. The van der Waals surface area contributed by atoms with E-state index in [1.807, 2.05) is 42.5 Å².